The molecule has 5 heteroatoms. The van der Waals surface area contributed by atoms with E-state index in [1.807, 2.05) is 0 Å². The Morgan fingerprint density at radius 1 is 1.18 bits per heavy atom. The van der Waals surface area contributed by atoms with Gasteiger partial charge in [0.25, 0.3) is 0 Å². The van der Waals surface area contributed by atoms with Crippen LogP contribution in [0.3, 0.4) is 0 Å². The molecule has 1 aromatic carbocycles. The summed E-state index contributed by atoms with van der Waals surface area (Å²) in [5, 5.41) is -0.0799. The molecule has 0 heterocycles. The third kappa shape index (κ3) is 3.63. The van der Waals surface area contributed by atoms with Crippen molar-refractivity contribution in [3.8, 4) is 0 Å². The van der Waals surface area contributed by atoms with Crippen molar-refractivity contribution < 1.29 is 18.0 Å². The second-order valence-electron chi connectivity index (χ2n) is 3.12. The number of rotatable bonds is 7. The lowest BCUT2D eigenvalue weighted by molar-refractivity contribution is 0.246. The van der Waals surface area contributed by atoms with Gasteiger partial charge in [-0.25, -0.2) is 4.39 Å². The van der Waals surface area contributed by atoms with Crippen molar-refractivity contribution in [2.45, 2.75) is 0 Å². The number of benzene rings is 1. The lowest BCUT2D eigenvalue weighted by Crippen LogP contribution is -2.14. The van der Waals surface area contributed by atoms with Crippen LogP contribution in [-0.2, 0) is 13.6 Å². The molecule has 3 nitrogen and oxygen atoms in total. The summed E-state index contributed by atoms with van der Waals surface area (Å²) in [5.74, 6) is -0.621. The first-order valence-corrected chi connectivity index (χ1v) is 6.54. The Hall–Kier alpha value is -1.22. The number of halogens is 1. The minimum absolute atomic E-state index is 0.0166. The fourth-order valence-corrected chi connectivity index (χ4v) is 2.71. The van der Waals surface area contributed by atoms with E-state index in [0.717, 1.165) is 0 Å². The molecule has 0 radical (unpaired) electrons. The van der Waals surface area contributed by atoms with Gasteiger partial charge in [0.1, 0.15) is 5.82 Å². The summed E-state index contributed by atoms with van der Waals surface area (Å²) < 4.78 is 36.1. The molecule has 0 atom stereocenters. The van der Waals surface area contributed by atoms with Crippen molar-refractivity contribution in [1.29, 1.82) is 0 Å². The molecule has 0 saturated carbocycles. The van der Waals surface area contributed by atoms with Gasteiger partial charge in [-0.2, -0.15) is 0 Å². The fraction of sp³-hybridized carbons (Fsp3) is 0.167. The average Bonchev–Trinajstić information content (AvgIpc) is 2.34. The Labute approximate surface area is 100 Å². The van der Waals surface area contributed by atoms with Gasteiger partial charge < -0.3 is 9.05 Å². The second kappa shape index (κ2) is 6.50. The van der Waals surface area contributed by atoms with Crippen molar-refractivity contribution in [3.05, 3.63) is 55.4 Å². The van der Waals surface area contributed by atoms with Crippen LogP contribution in [0.4, 0.5) is 4.39 Å². The Morgan fingerprint density at radius 3 is 2.18 bits per heavy atom. The molecular formula is C12H14FO3P. The van der Waals surface area contributed by atoms with Gasteiger partial charge >= 0.3 is 7.60 Å². The van der Waals surface area contributed by atoms with E-state index in [9.17, 15) is 8.96 Å². The molecule has 0 saturated heterocycles. The maximum Gasteiger partial charge on any atom is 0.364 e. The van der Waals surface area contributed by atoms with Gasteiger partial charge in [0, 0.05) is 0 Å². The highest BCUT2D eigenvalue weighted by Gasteiger charge is 2.29. The van der Waals surface area contributed by atoms with Gasteiger partial charge in [0.15, 0.2) is 0 Å². The van der Waals surface area contributed by atoms with Crippen molar-refractivity contribution in [1.82, 2.24) is 0 Å². The summed E-state index contributed by atoms with van der Waals surface area (Å²) in [5.41, 5.74) is 0. The van der Waals surface area contributed by atoms with E-state index in [-0.39, 0.29) is 18.5 Å². The second-order valence-corrected chi connectivity index (χ2v) is 5.11. The Morgan fingerprint density at radius 2 is 1.71 bits per heavy atom. The topological polar surface area (TPSA) is 35.5 Å². The minimum atomic E-state index is -3.66. The van der Waals surface area contributed by atoms with Gasteiger partial charge in [-0.3, -0.25) is 4.57 Å². The highest BCUT2D eigenvalue weighted by molar-refractivity contribution is 7.62. The third-order valence-corrected chi connectivity index (χ3v) is 3.80. The van der Waals surface area contributed by atoms with E-state index >= 15 is 0 Å². The summed E-state index contributed by atoms with van der Waals surface area (Å²) in [6, 6.07) is 5.66. The molecule has 0 fully saturated rings. The smallest absolute Gasteiger partial charge is 0.301 e. The molecular weight excluding hydrogens is 242 g/mol. The van der Waals surface area contributed by atoms with Crippen LogP contribution in [0, 0.1) is 5.82 Å². The van der Waals surface area contributed by atoms with Crippen LogP contribution >= 0.6 is 7.60 Å². The van der Waals surface area contributed by atoms with Crippen molar-refractivity contribution >= 4 is 12.9 Å². The zero-order valence-electron chi connectivity index (χ0n) is 9.34. The fourth-order valence-electron chi connectivity index (χ4n) is 1.15. The average molecular weight is 256 g/mol. The molecule has 1 aromatic rings. The van der Waals surface area contributed by atoms with Crippen molar-refractivity contribution in [2.75, 3.05) is 13.2 Å². The standard InChI is InChI=1S/C12H14FO3P/c1-3-9-15-17(14,16-10-4-2)12-8-6-5-7-11(12)13/h3-8H,1-2,9-10H2. The quantitative estimate of drug-likeness (QED) is 0.555. The highest BCUT2D eigenvalue weighted by atomic mass is 31.2. The van der Waals surface area contributed by atoms with E-state index in [4.69, 9.17) is 9.05 Å². The van der Waals surface area contributed by atoms with E-state index in [2.05, 4.69) is 13.2 Å². The summed E-state index contributed by atoms with van der Waals surface area (Å²) in [7, 11) is -3.66. The van der Waals surface area contributed by atoms with E-state index in [1.54, 1.807) is 6.07 Å². The van der Waals surface area contributed by atoms with Gasteiger partial charge in [-0.05, 0) is 12.1 Å². The lowest BCUT2D eigenvalue weighted by Gasteiger charge is -2.17. The van der Waals surface area contributed by atoms with E-state index in [0.29, 0.717) is 0 Å². The van der Waals surface area contributed by atoms with Crippen LogP contribution < -0.4 is 5.30 Å². The summed E-state index contributed by atoms with van der Waals surface area (Å²) in [4.78, 5) is 0. The summed E-state index contributed by atoms with van der Waals surface area (Å²) >= 11 is 0. The van der Waals surface area contributed by atoms with Crippen LogP contribution in [-0.4, -0.2) is 13.2 Å². The Balaban J connectivity index is 3.04. The van der Waals surface area contributed by atoms with Crippen LogP contribution in [0.1, 0.15) is 0 Å². The highest BCUT2D eigenvalue weighted by Crippen LogP contribution is 2.47. The summed E-state index contributed by atoms with van der Waals surface area (Å²) in [6.45, 7) is 6.92. The molecule has 0 amide bonds. The molecule has 0 unspecified atom stereocenters. The molecule has 0 aliphatic heterocycles. The molecule has 0 N–H and O–H groups in total. The number of hydrogen-bond donors (Lipinski definition) is 0. The van der Waals surface area contributed by atoms with Gasteiger partial charge in [-0.1, -0.05) is 24.3 Å². The first kappa shape index (κ1) is 13.8. The largest absolute Gasteiger partial charge is 0.364 e. The molecule has 0 bridgehead atoms. The predicted molar refractivity (Wildman–Crippen MR) is 65.9 cm³/mol. The van der Waals surface area contributed by atoms with Gasteiger partial charge in [0.05, 0.1) is 18.5 Å². The normalized spacial score (nSPS) is 11.1. The summed E-state index contributed by atoms with van der Waals surface area (Å²) in [6.07, 6.45) is 2.84. The lowest BCUT2D eigenvalue weighted by atomic mass is 10.3. The molecule has 92 valence electrons. The van der Waals surface area contributed by atoms with E-state index in [1.165, 1.54) is 30.4 Å². The van der Waals surface area contributed by atoms with Crippen LogP contribution in [0.2, 0.25) is 0 Å². The molecule has 17 heavy (non-hydrogen) atoms. The zero-order valence-corrected chi connectivity index (χ0v) is 10.2. The molecule has 0 aliphatic rings. The molecule has 0 spiro atoms. The monoisotopic (exact) mass is 256 g/mol. The molecule has 0 aromatic heterocycles. The minimum Gasteiger partial charge on any atom is -0.301 e. The van der Waals surface area contributed by atoms with Gasteiger partial charge in [-0.15, -0.1) is 13.2 Å². The van der Waals surface area contributed by atoms with Crippen LogP contribution in [0.25, 0.3) is 0 Å². The maximum atomic E-state index is 13.6. The Kier molecular flexibility index (Phi) is 5.29. The predicted octanol–water partition coefficient (Wildman–Crippen LogP) is 3.05. The van der Waals surface area contributed by atoms with Crippen LogP contribution in [0.5, 0.6) is 0 Å². The van der Waals surface area contributed by atoms with Gasteiger partial charge in [0.2, 0.25) is 0 Å². The van der Waals surface area contributed by atoms with Crippen molar-refractivity contribution in [3.63, 3.8) is 0 Å². The first-order chi connectivity index (χ1) is 8.14. The molecule has 0 aliphatic carbocycles. The SMILES string of the molecule is C=CCOP(=O)(OCC=C)c1ccccc1F. The first-order valence-electron chi connectivity index (χ1n) is 5.00. The molecule has 1 rings (SSSR count). The Bertz CT molecular complexity index is 429. The van der Waals surface area contributed by atoms with Crippen molar-refractivity contribution in [2.24, 2.45) is 0 Å². The van der Waals surface area contributed by atoms with E-state index < -0.39 is 13.4 Å². The maximum absolute atomic E-state index is 13.6. The number of hydrogen-bond acceptors (Lipinski definition) is 3. The zero-order chi connectivity index (χ0) is 12.7. The van der Waals surface area contributed by atoms with Crippen LogP contribution in [0.15, 0.2) is 49.6 Å². The third-order valence-electron chi connectivity index (χ3n) is 1.87.